The molecule has 0 bridgehead atoms. The van der Waals surface area contributed by atoms with Gasteiger partial charge in [0.1, 0.15) is 0 Å². The third-order valence-electron chi connectivity index (χ3n) is 3.33. The molecule has 0 aromatic rings. The second-order valence-electron chi connectivity index (χ2n) is 4.46. The number of amides is 1. The Balaban J connectivity index is 1.99. The molecule has 3 N–H and O–H groups in total. The predicted octanol–water partition coefficient (Wildman–Crippen LogP) is 0.385. The Labute approximate surface area is 84.8 Å². The van der Waals surface area contributed by atoms with Gasteiger partial charge in [0, 0.05) is 25.0 Å². The molecule has 1 saturated carbocycles. The number of hydrogen-bond donors (Lipinski definition) is 2. The summed E-state index contributed by atoms with van der Waals surface area (Å²) in [6.07, 6.45) is 6.76. The van der Waals surface area contributed by atoms with Crippen LogP contribution in [-0.4, -0.2) is 29.5 Å². The molecule has 0 aromatic carbocycles. The Morgan fingerprint density at radius 2 is 2.07 bits per heavy atom. The highest BCUT2D eigenvalue weighted by Gasteiger charge is 2.42. The predicted molar refractivity (Wildman–Crippen MR) is 54.3 cm³/mol. The third-order valence-corrected chi connectivity index (χ3v) is 3.33. The Kier molecular flexibility index (Phi) is 2.74. The van der Waals surface area contributed by atoms with Crippen molar-refractivity contribution in [3.8, 4) is 0 Å². The van der Waals surface area contributed by atoms with Gasteiger partial charge in [-0.2, -0.15) is 0 Å². The topological polar surface area (TPSA) is 58.4 Å². The number of carbonyl (C=O) groups excluding carboxylic acids is 1. The van der Waals surface area contributed by atoms with E-state index in [4.69, 9.17) is 5.73 Å². The summed E-state index contributed by atoms with van der Waals surface area (Å²) in [5.41, 5.74) is 8.90. The van der Waals surface area contributed by atoms with E-state index >= 15 is 0 Å². The first-order chi connectivity index (χ1) is 6.76. The summed E-state index contributed by atoms with van der Waals surface area (Å²) in [5, 5.41) is 1.71. The van der Waals surface area contributed by atoms with Gasteiger partial charge in [0.25, 0.3) is 0 Å². The second kappa shape index (κ2) is 3.87. The molecular formula is C10H19N3O. The first-order valence-corrected chi connectivity index (χ1v) is 5.54. The molecule has 2 rings (SSSR count). The van der Waals surface area contributed by atoms with E-state index in [0.29, 0.717) is 19.5 Å². The van der Waals surface area contributed by atoms with Crippen LogP contribution in [0, 0.1) is 0 Å². The molecule has 2 fully saturated rings. The maximum atomic E-state index is 11.6. The SMILES string of the molecule is NCCN1NC2(CCCCC2)CC1=O. The smallest absolute Gasteiger partial charge is 0.238 e. The molecule has 1 aliphatic carbocycles. The summed E-state index contributed by atoms with van der Waals surface area (Å²) < 4.78 is 0. The number of nitrogens with two attached hydrogens (primary N) is 1. The summed E-state index contributed by atoms with van der Waals surface area (Å²) >= 11 is 0. The van der Waals surface area contributed by atoms with Crippen LogP contribution in [0.25, 0.3) is 0 Å². The van der Waals surface area contributed by atoms with E-state index < -0.39 is 0 Å². The largest absolute Gasteiger partial charge is 0.329 e. The van der Waals surface area contributed by atoms with Gasteiger partial charge in [0.05, 0.1) is 0 Å². The van der Waals surface area contributed by atoms with Gasteiger partial charge in [-0.1, -0.05) is 19.3 Å². The van der Waals surface area contributed by atoms with Gasteiger partial charge in [-0.3, -0.25) is 9.80 Å². The van der Waals surface area contributed by atoms with E-state index in [1.807, 2.05) is 0 Å². The molecule has 80 valence electrons. The van der Waals surface area contributed by atoms with Gasteiger partial charge in [-0.05, 0) is 12.8 Å². The summed E-state index contributed by atoms with van der Waals surface area (Å²) in [4.78, 5) is 11.6. The lowest BCUT2D eigenvalue weighted by Crippen LogP contribution is -2.48. The van der Waals surface area contributed by atoms with Crippen molar-refractivity contribution in [1.82, 2.24) is 10.4 Å². The van der Waals surface area contributed by atoms with Crippen LogP contribution in [0.3, 0.4) is 0 Å². The van der Waals surface area contributed by atoms with E-state index in [-0.39, 0.29) is 11.4 Å². The molecule has 2 aliphatic rings. The van der Waals surface area contributed by atoms with Crippen molar-refractivity contribution >= 4 is 5.91 Å². The maximum absolute atomic E-state index is 11.6. The van der Waals surface area contributed by atoms with Crippen molar-refractivity contribution in [2.75, 3.05) is 13.1 Å². The van der Waals surface area contributed by atoms with Gasteiger partial charge in [0.15, 0.2) is 0 Å². The van der Waals surface area contributed by atoms with E-state index in [2.05, 4.69) is 5.43 Å². The third kappa shape index (κ3) is 1.77. The Morgan fingerprint density at radius 1 is 1.36 bits per heavy atom. The van der Waals surface area contributed by atoms with Crippen LogP contribution in [0.1, 0.15) is 38.5 Å². The van der Waals surface area contributed by atoms with Gasteiger partial charge in [-0.25, -0.2) is 5.43 Å². The van der Waals surface area contributed by atoms with Crippen molar-refractivity contribution in [1.29, 1.82) is 0 Å². The van der Waals surface area contributed by atoms with Crippen molar-refractivity contribution in [2.45, 2.75) is 44.1 Å². The average molecular weight is 197 g/mol. The van der Waals surface area contributed by atoms with Crippen LogP contribution in [0.15, 0.2) is 0 Å². The standard InChI is InChI=1S/C10H19N3O/c11-6-7-13-9(14)8-10(12-13)4-2-1-3-5-10/h12H,1-8,11H2. The molecule has 1 heterocycles. The van der Waals surface area contributed by atoms with Gasteiger partial charge >= 0.3 is 0 Å². The first kappa shape index (κ1) is 9.93. The number of nitrogens with zero attached hydrogens (tertiary/aromatic N) is 1. The first-order valence-electron chi connectivity index (χ1n) is 5.54. The number of hydrogen-bond acceptors (Lipinski definition) is 3. The zero-order chi connectivity index (χ0) is 10.0. The molecular weight excluding hydrogens is 178 g/mol. The number of carbonyl (C=O) groups is 1. The van der Waals surface area contributed by atoms with E-state index in [9.17, 15) is 4.79 Å². The maximum Gasteiger partial charge on any atom is 0.238 e. The fourth-order valence-electron chi connectivity index (χ4n) is 2.60. The van der Waals surface area contributed by atoms with Crippen LogP contribution in [0.5, 0.6) is 0 Å². The van der Waals surface area contributed by atoms with E-state index in [1.165, 1.54) is 19.3 Å². The molecule has 4 nitrogen and oxygen atoms in total. The van der Waals surface area contributed by atoms with Crippen molar-refractivity contribution in [3.63, 3.8) is 0 Å². The molecule has 1 saturated heterocycles. The monoisotopic (exact) mass is 197 g/mol. The molecule has 0 aromatic heterocycles. The van der Waals surface area contributed by atoms with E-state index in [1.54, 1.807) is 5.01 Å². The zero-order valence-corrected chi connectivity index (χ0v) is 8.59. The quantitative estimate of drug-likeness (QED) is 0.673. The lowest BCUT2D eigenvalue weighted by atomic mass is 9.81. The summed E-state index contributed by atoms with van der Waals surface area (Å²) in [7, 11) is 0. The molecule has 1 spiro atoms. The highest BCUT2D eigenvalue weighted by atomic mass is 16.2. The van der Waals surface area contributed by atoms with Crippen LogP contribution < -0.4 is 11.2 Å². The minimum absolute atomic E-state index is 0.0878. The summed E-state index contributed by atoms with van der Waals surface area (Å²) in [6, 6.07) is 0. The van der Waals surface area contributed by atoms with Crippen LogP contribution in [0.2, 0.25) is 0 Å². The number of nitrogens with one attached hydrogen (secondary N) is 1. The zero-order valence-electron chi connectivity index (χ0n) is 8.59. The highest BCUT2D eigenvalue weighted by molar-refractivity contribution is 5.79. The Bertz CT molecular complexity index is 223. The van der Waals surface area contributed by atoms with Crippen LogP contribution in [0.4, 0.5) is 0 Å². The molecule has 0 radical (unpaired) electrons. The van der Waals surface area contributed by atoms with Crippen LogP contribution in [-0.2, 0) is 4.79 Å². The van der Waals surface area contributed by atoms with Crippen molar-refractivity contribution in [3.05, 3.63) is 0 Å². The average Bonchev–Trinajstić information content (AvgIpc) is 2.45. The van der Waals surface area contributed by atoms with Gasteiger partial charge < -0.3 is 5.73 Å². The number of rotatable bonds is 2. The fourth-order valence-corrected chi connectivity index (χ4v) is 2.60. The van der Waals surface area contributed by atoms with Crippen molar-refractivity contribution in [2.24, 2.45) is 5.73 Å². The summed E-state index contributed by atoms with van der Waals surface area (Å²) in [6.45, 7) is 1.18. The second-order valence-corrected chi connectivity index (χ2v) is 4.46. The normalized spacial score (nSPS) is 26.1. The molecule has 0 atom stereocenters. The minimum Gasteiger partial charge on any atom is -0.329 e. The van der Waals surface area contributed by atoms with Crippen molar-refractivity contribution < 1.29 is 4.79 Å². The fraction of sp³-hybridized carbons (Fsp3) is 0.900. The van der Waals surface area contributed by atoms with Gasteiger partial charge in [0.2, 0.25) is 5.91 Å². The molecule has 0 unspecified atom stereocenters. The highest BCUT2D eigenvalue weighted by Crippen LogP contribution is 2.34. The molecule has 4 heteroatoms. The minimum atomic E-state index is 0.0878. The lowest BCUT2D eigenvalue weighted by Gasteiger charge is -2.33. The number of hydrazine groups is 1. The molecule has 14 heavy (non-hydrogen) atoms. The Morgan fingerprint density at radius 3 is 2.71 bits per heavy atom. The summed E-state index contributed by atoms with van der Waals surface area (Å²) in [5.74, 6) is 0.220. The molecule has 1 aliphatic heterocycles. The Hall–Kier alpha value is -0.610. The van der Waals surface area contributed by atoms with E-state index in [0.717, 1.165) is 12.8 Å². The van der Waals surface area contributed by atoms with Crippen LogP contribution >= 0.6 is 0 Å². The van der Waals surface area contributed by atoms with Gasteiger partial charge in [-0.15, -0.1) is 0 Å². The molecule has 1 amide bonds. The lowest BCUT2D eigenvalue weighted by molar-refractivity contribution is -0.129.